The molecule has 1 nitrogen and oxygen atoms in total. The molecule has 1 N–H and O–H groups in total. The third-order valence-electron chi connectivity index (χ3n) is 4.48. The summed E-state index contributed by atoms with van der Waals surface area (Å²) in [6, 6.07) is 16.2. The zero-order valence-corrected chi connectivity index (χ0v) is 13.9. The van der Waals surface area contributed by atoms with E-state index in [0.717, 1.165) is 17.5 Å². The standard InChI is InChI=1S/C21H28O/c1-3-5-6-8-12-17(4-2)19-15-11-16-20(22)21(19)18-13-9-7-10-14-18/h7,9-11,13-17,22H,3-6,8,12H2,1-2H3. The van der Waals surface area contributed by atoms with Gasteiger partial charge in [-0.2, -0.15) is 0 Å². The van der Waals surface area contributed by atoms with E-state index < -0.39 is 0 Å². The van der Waals surface area contributed by atoms with Crippen molar-refractivity contribution in [1.82, 2.24) is 0 Å². The molecule has 0 fully saturated rings. The fraction of sp³-hybridized carbons (Fsp3) is 0.429. The minimum atomic E-state index is 0.399. The molecule has 22 heavy (non-hydrogen) atoms. The van der Waals surface area contributed by atoms with Crippen molar-refractivity contribution in [2.75, 3.05) is 0 Å². The van der Waals surface area contributed by atoms with Crippen LogP contribution in [-0.2, 0) is 0 Å². The summed E-state index contributed by atoms with van der Waals surface area (Å²) >= 11 is 0. The van der Waals surface area contributed by atoms with E-state index >= 15 is 0 Å². The van der Waals surface area contributed by atoms with Gasteiger partial charge in [0.2, 0.25) is 0 Å². The first-order valence-electron chi connectivity index (χ1n) is 8.65. The highest BCUT2D eigenvalue weighted by atomic mass is 16.3. The first kappa shape index (κ1) is 16.6. The van der Waals surface area contributed by atoms with E-state index in [1.54, 1.807) is 6.07 Å². The monoisotopic (exact) mass is 296 g/mol. The third kappa shape index (κ3) is 4.13. The first-order chi connectivity index (χ1) is 10.8. The van der Waals surface area contributed by atoms with Crippen LogP contribution in [0.3, 0.4) is 0 Å². The Hall–Kier alpha value is -1.76. The van der Waals surface area contributed by atoms with E-state index in [1.807, 2.05) is 24.3 Å². The predicted molar refractivity (Wildman–Crippen MR) is 95.3 cm³/mol. The normalized spacial score (nSPS) is 12.3. The maximum Gasteiger partial charge on any atom is 0.123 e. The Bertz CT molecular complexity index is 559. The molecule has 2 rings (SSSR count). The van der Waals surface area contributed by atoms with Crippen molar-refractivity contribution >= 4 is 0 Å². The molecule has 2 aromatic carbocycles. The molecule has 0 aliphatic heterocycles. The van der Waals surface area contributed by atoms with E-state index in [0.29, 0.717) is 11.7 Å². The average Bonchev–Trinajstić information content (AvgIpc) is 2.56. The smallest absolute Gasteiger partial charge is 0.123 e. The Morgan fingerprint density at radius 3 is 2.32 bits per heavy atom. The Balaban J connectivity index is 2.27. The zero-order chi connectivity index (χ0) is 15.8. The molecule has 0 saturated heterocycles. The number of unbranched alkanes of at least 4 members (excludes halogenated alkanes) is 3. The zero-order valence-electron chi connectivity index (χ0n) is 13.9. The number of hydrogen-bond acceptors (Lipinski definition) is 1. The summed E-state index contributed by atoms with van der Waals surface area (Å²) in [6.07, 6.45) is 7.51. The molecule has 0 aromatic heterocycles. The van der Waals surface area contributed by atoms with Crippen LogP contribution in [0.5, 0.6) is 5.75 Å². The molecule has 0 aliphatic rings. The lowest BCUT2D eigenvalue weighted by Crippen LogP contribution is -2.00. The highest BCUT2D eigenvalue weighted by molar-refractivity contribution is 5.74. The minimum Gasteiger partial charge on any atom is -0.507 e. The van der Waals surface area contributed by atoms with Gasteiger partial charge in [-0.25, -0.2) is 0 Å². The quantitative estimate of drug-likeness (QED) is 0.549. The van der Waals surface area contributed by atoms with Crippen molar-refractivity contribution < 1.29 is 5.11 Å². The molecule has 0 saturated carbocycles. The lowest BCUT2D eigenvalue weighted by molar-refractivity contribution is 0.474. The second-order valence-corrected chi connectivity index (χ2v) is 6.06. The fourth-order valence-electron chi connectivity index (χ4n) is 3.21. The highest BCUT2D eigenvalue weighted by Gasteiger charge is 2.17. The molecular weight excluding hydrogens is 268 g/mol. The SMILES string of the molecule is CCCCCCC(CC)c1cccc(O)c1-c1ccccc1. The number of aromatic hydroxyl groups is 1. The fourth-order valence-corrected chi connectivity index (χ4v) is 3.21. The largest absolute Gasteiger partial charge is 0.507 e. The minimum absolute atomic E-state index is 0.399. The van der Waals surface area contributed by atoms with Crippen LogP contribution in [0.15, 0.2) is 48.5 Å². The summed E-state index contributed by atoms with van der Waals surface area (Å²) in [5.41, 5.74) is 3.43. The number of benzene rings is 2. The highest BCUT2D eigenvalue weighted by Crippen LogP contribution is 2.39. The summed E-state index contributed by atoms with van der Waals surface area (Å²) in [4.78, 5) is 0. The van der Waals surface area contributed by atoms with E-state index in [9.17, 15) is 5.11 Å². The van der Waals surface area contributed by atoms with Crippen molar-refractivity contribution in [3.63, 3.8) is 0 Å². The summed E-state index contributed by atoms with van der Waals surface area (Å²) in [5.74, 6) is 0.926. The maximum absolute atomic E-state index is 10.4. The number of phenolic OH excluding ortho intramolecular Hbond substituents is 1. The molecule has 0 heterocycles. The van der Waals surface area contributed by atoms with Gasteiger partial charge in [-0.05, 0) is 36.0 Å². The molecule has 1 atom stereocenters. The van der Waals surface area contributed by atoms with Crippen LogP contribution >= 0.6 is 0 Å². The Labute approximate surface area is 135 Å². The van der Waals surface area contributed by atoms with Gasteiger partial charge >= 0.3 is 0 Å². The molecule has 1 heteroatoms. The van der Waals surface area contributed by atoms with Crippen LogP contribution in [-0.4, -0.2) is 5.11 Å². The average molecular weight is 296 g/mol. The van der Waals surface area contributed by atoms with Crippen molar-refractivity contribution in [3.05, 3.63) is 54.1 Å². The summed E-state index contributed by atoms with van der Waals surface area (Å²) in [5, 5.41) is 10.4. The van der Waals surface area contributed by atoms with Gasteiger partial charge < -0.3 is 5.11 Å². The molecular formula is C21H28O. The van der Waals surface area contributed by atoms with E-state index in [4.69, 9.17) is 0 Å². The molecule has 118 valence electrons. The van der Waals surface area contributed by atoms with Crippen LogP contribution < -0.4 is 0 Å². The number of rotatable bonds is 8. The molecule has 0 radical (unpaired) electrons. The lowest BCUT2D eigenvalue weighted by atomic mass is 9.85. The van der Waals surface area contributed by atoms with Gasteiger partial charge in [-0.1, -0.05) is 82.0 Å². The van der Waals surface area contributed by atoms with E-state index in [1.165, 1.54) is 37.7 Å². The van der Waals surface area contributed by atoms with Gasteiger partial charge in [0.25, 0.3) is 0 Å². The topological polar surface area (TPSA) is 20.2 Å². The van der Waals surface area contributed by atoms with Gasteiger partial charge in [-0.15, -0.1) is 0 Å². The van der Waals surface area contributed by atoms with Crippen molar-refractivity contribution in [2.45, 2.75) is 58.3 Å². The van der Waals surface area contributed by atoms with Crippen LogP contribution in [0.4, 0.5) is 0 Å². The number of phenols is 1. The third-order valence-corrected chi connectivity index (χ3v) is 4.48. The Morgan fingerprint density at radius 2 is 1.64 bits per heavy atom. The van der Waals surface area contributed by atoms with Gasteiger partial charge in [0.15, 0.2) is 0 Å². The first-order valence-corrected chi connectivity index (χ1v) is 8.65. The molecule has 0 bridgehead atoms. The van der Waals surface area contributed by atoms with Crippen LogP contribution in [0.25, 0.3) is 11.1 Å². The molecule has 0 aliphatic carbocycles. The summed E-state index contributed by atoms with van der Waals surface area (Å²) in [6.45, 7) is 4.50. The molecule has 2 aromatic rings. The van der Waals surface area contributed by atoms with Crippen LogP contribution in [0.1, 0.15) is 63.9 Å². The molecule has 0 spiro atoms. The Morgan fingerprint density at radius 1 is 0.864 bits per heavy atom. The number of hydrogen-bond donors (Lipinski definition) is 1. The summed E-state index contributed by atoms with van der Waals surface area (Å²) < 4.78 is 0. The predicted octanol–water partition coefficient (Wildman–Crippen LogP) is 6.52. The van der Waals surface area contributed by atoms with E-state index in [-0.39, 0.29) is 0 Å². The van der Waals surface area contributed by atoms with Gasteiger partial charge in [0, 0.05) is 5.56 Å². The lowest BCUT2D eigenvalue weighted by Gasteiger charge is -2.20. The van der Waals surface area contributed by atoms with E-state index in [2.05, 4.69) is 32.0 Å². The van der Waals surface area contributed by atoms with Crippen molar-refractivity contribution in [2.24, 2.45) is 0 Å². The van der Waals surface area contributed by atoms with Crippen molar-refractivity contribution in [1.29, 1.82) is 0 Å². The molecule has 1 unspecified atom stereocenters. The molecule has 0 amide bonds. The Kier molecular flexibility index (Phi) is 6.51. The van der Waals surface area contributed by atoms with Crippen LogP contribution in [0, 0.1) is 0 Å². The summed E-state index contributed by atoms with van der Waals surface area (Å²) in [7, 11) is 0. The van der Waals surface area contributed by atoms with Crippen LogP contribution in [0.2, 0.25) is 0 Å². The second-order valence-electron chi connectivity index (χ2n) is 6.06. The van der Waals surface area contributed by atoms with Gasteiger partial charge in [0.05, 0.1) is 0 Å². The second kappa shape index (κ2) is 8.63. The van der Waals surface area contributed by atoms with Gasteiger partial charge in [0.1, 0.15) is 5.75 Å². The van der Waals surface area contributed by atoms with Crippen molar-refractivity contribution in [3.8, 4) is 16.9 Å². The maximum atomic E-state index is 10.4. The van der Waals surface area contributed by atoms with Gasteiger partial charge in [-0.3, -0.25) is 0 Å².